The van der Waals surface area contributed by atoms with Crippen LogP contribution in [0.4, 0.5) is 15.2 Å². The highest BCUT2D eigenvalue weighted by Gasteiger charge is 2.15. The Morgan fingerprint density at radius 3 is 2.63 bits per heavy atom. The summed E-state index contributed by atoms with van der Waals surface area (Å²) in [5.41, 5.74) is 0.227. The monoisotopic (exact) mass is 299 g/mol. The molecule has 2 N–H and O–H groups in total. The second-order valence-corrected chi connectivity index (χ2v) is 4.68. The number of nitrogens with zero attached hydrogens (tertiary/aromatic N) is 1. The summed E-state index contributed by atoms with van der Waals surface area (Å²) in [6.45, 7) is 0. The zero-order valence-electron chi connectivity index (χ0n) is 9.31. The second kappa shape index (κ2) is 5.77. The predicted octanol–water partition coefficient (Wildman–Crippen LogP) is 2.51. The smallest absolute Gasteiger partial charge is 0.315 e. The number of hydrogen-bond donors (Lipinski definition) is 2. The van der Waals surface area contributed by atoms with Gasteiger partial charge in [0.15, 0.2) is 5.13 Å². The van der Waals surface area contributed by atoms with Gasteiger partial charge in [0.1, 0.15) is 5.82 Å². The average Bonchev–Trinajstić information content (AvgIpc) is 2.86. The van der Waals surface area contributed by atoms with Crippen LogP contribution in [0.3, 0.4) is 0 Å². The number of thiazole rings is 1. The number of rotatable bonds is 2. The topological polar surface area (TPSA) is 71.1 Å². The van der Waals surface area contributed by atoms with Gasteiger partial charge in [-0.1, -0.05) is 11.6 Å². The van der Waals surface area contributed by atoms with Gasteiger partial charge in [-0.15, -0.1) is 11.3 Å². The van der Waals surface area contributed by atoms with Gasteiger partial charge in [0, 0.05) is 17.3 Å². The fourth-order valence-corrected chi connectivity index (χ4v) is 1.91. The lowest BCUT2D eigenvalue weighted by atomic mass is 10.3. The Kier molecular flexibility index (Phi) is 4.08. The molecule has 0 aliphatic carbocycles. The van der Waals surface area contributed by atoms with Crippen molar-refractivity contribution in [3.63, 3.8) is 0 Å². The van der Waals surface area contributed by atoms with Crippen molar-refractivity contribution in [2.24, 2.45) is 0 Å². The van der Waals surface area contributed by atoms with Crippen LogP contribution in [0.2, 0.25) is 5.02 Å². The summed E-state index contributed by atoms with van der Waals surface area (Å²) in [6.07, 6.45) is 1.50. The third-order valence-electron chi connectivity index (χ3n) is 2.04. The summed E-state index contributed by atoms with van der Waals surface area (Å²) in [5.74, 6) is -2.36. The van der Waals surface area contributed by atoms with E-state index in [1.165, 1.54) is 29.7 Å². The largest absolute Gasteiger partial charge is 0.318 e. The van der Waals surface area contributed by atoms with E-state index in [9.17, 15) is 14.0 Å². The third-order valence-corrected chi connectivity index (χ3v) is 3.01. The molecule has 0 bridgehead atoms. The van der Waals surface area contributed by atoms with E-state index < -0.39 is 17.6 Å². The Hall–Kier alpha value is -1.99. The Morgan fingerprint density at radius 2 is 2.00 bits per heavy atom. The first-order chi connectivity index (χ1) is 9.06. The Bertz CT molecular complexity index is 618. The van der Waals surface area contributed by atoms with Crippen molar-refractivity contribution in [3.05, 3.63) is 40.6 Å². The molecule has 0 atom stereocenters. The van der Waals surface area contributed by atoms with Gasteiger partial charge in [-0.2, -0.15) is 0 Å². The highest BCUT2D eigenvalue weighted by molar-refractivity contribution is 7.13. The molecule has 98 valence electrons. The number of carbonyl (C=O) groups is 2. The number of anilines is 2. The third kappa shape index (κ3) is 3.49. The maximum absolute atomic E-state index is 12.9. The van der Waals surface area contributed by atoms with Crippen LogP contribution in [0, 0.1) is 5.82 Å². The van der Waals surface area contributed by atoms with E-state index in [0.29, 0.717) is 5.13 Å². The van der Waals surface area contributed by atoms with Crippen LogP contribution < -0.4 is 10.6 Å². The van der Waals surface area contributed by atoms with Gasteiger partial charge in [0.25, 0.3) is 0 Å². The molecule has 1 heterocycles. The molecular formula is C11H7ClFN3O2S. The molecule has 0 saturated heterocycles. The van der Waals surface area contributed by atoms with E-state index in [1.54, 1.807) is 5.38 Å². The Balaban J connectivity index is 2.00. The van der Waals surface area contributed by atoms with Crippen LogP contribution in [-0.2, 0) is 9.59 Å². The van der Waals surface area contributed by atoms with Gasteiger partial charge in [-0.25, -0.2) is 9.37 Å². The maximum Gasteiger partial charge on any atom is 0.315 e. The minimum atomic E-state index is -0.891. The molecule has 2 aromatic rings. The van der Waals surface area contributed by atoms with E-state index in [-0.39, 0.29) is 10.7 Å². The number of amides is 2. The zero-order chi connectivity index (χ0) is 13.8. The second-order valence-electron chi connectivity index (χ2n) is 3.37. The summed E-state index contributed by atoms with van der Waals surface area (Å²) in [7, 11) is 0. The molecule has 1 aromatic heterocycles. The van der Waals surface area contributed by atoms with Crippen molar-refractivity contribution in [2.45, 2.75) is 0 Å². The quantitative estimate of drug-likeness (QED) is 0.837. The molecule has 0 aliphatic heterocycles. The number of nitrogens with one attached hydrogen (secondary N) is 2. The fraction of sp³-hybridized carbons (Fsp3) is 0. The SMILES string of the molecule is O=C(Nc1ccc(F)c(Cl)c1)C(=O)Nc1nccs1. The van der Waals surface area contributed by atoms with Gasteiger partial charge in [-0.05, 0) is 18.2 Å². The van der Waals surface area contributed by atoms with Gasteiger partial charge < -0.3 is 5.32 Å². The minimum absolute atomic E-state index is 0.141. The van der Waals surface area contributed by atoms with Crippen molar-refractivity contribution in [1.29, 1.82) is 0 Å². The van der Waals surface area contributed by atoms with Gasteiger partial charge in [-0.3, -0.25) is 14.9 Å². The maximum atomic E-state index is 12.9. The van der Waals surface area contributed by atoms with Crippen LogP contribution in [0.15, 0.2) is 29.8 Å². The lowest BCUT2D eigenvalue weighted by molar-refractivity contribution is -0.132. The molecule has 1 aromatic carbocycles. The van der Waals surface area contributed by atoms with Crippen molar-refractivity contribution in [2.75, 3.05) is 10.6 Å². The molecule has 2 amide bonds. The van der Waals surface area contributed by atoms with E-state index >= 15 is 0 Å². The summed E-state index contributed by atoms with van der Waals surface area (Å²) in [5, 5.41) is 6.45. The average molecular weight is 300 g/mol. The molecule has 8 heteroatoms. The lowest BCUT2D eigenvalue weighted by Gasteiger charge is -2.05. The number of hydrogen-bond acceptors (Lipinski definition) is 4. The first kappa shape index (κ1) is 13.4. The summed E-state index contributed by atoms with van der Waals surface area (Å²) < 4.78 is 12.9. The number of benzene rings is 1. The Labute approximate surface area is 116 Å². The molecule has 5 nitrogen and oxygen atoms in total. The molecule has 0 radical (unpaired) electrons. The van der Waals surface area contributed by atoms with Crippen molar-refractivity contribution >= 4 is 45.6 Å². The summed E-state index contributed by atoms with van der Waals surface area (Å²) >= 11 is 6.74. The van der Waals surface area contributed by atoms with E-state index in [0.717, 1.165) is 6.07 Å². The number of halogens is 2. The summed E-state index contributed by atoms with van der Waals surface area (Å²) in [6, 6.07) is 3.61. The first-order valence-corrected chi connectivity index (χ1v) is 6.29. The van der Waals surface area contributed by atoms with Crippen LogP contribution in [-0.4, -0.2) is 16.8 Å². The predicted molar refractivity (Wildman–Crippen MR) is 70.8 cm³/mol. The van der Waals surface area contributed by atoms with Crippen molar-refractivity contribution in [1.82, 2.24) is 4.98 Å². The van der Waals surface area contributed by atoms with E-state index in [4.69, 9.17) is 11.6 Å². The normalized spacial score (nSPS) is 10.0. The van der Waals surface area contributed by atoms with Gasteiger partial charge >= 0.3 is 11.8 Å². The van der Waals surface area contributed by atoms with E-state index in [1.807, 2.05) is 0 Å². The molecule has 19 heavy (non-hydrogen) atoms. The van der Waals surface area contributed by atoms with Gasteiger partial charge in [0.05, 0.1) is 5.02 Å². The van der Waals surface area contributed by atoms with Crippen LogP contribution >= 0.6 is 22.9 Å². The number of aromatic nitrogens is 1. The fourth-order valence-electron chi connectivity index (χ4n) is 1.20. The van der Waals surface area contributed by atoms with Crippen molar-refractivity contribution < 1.29 is 14.0 Å². The van der Waals surface area contributed by atoms with Crippen LogP contribution in [0.5, 0.6) is 0 Å². The zero-order valence-corrected chi connectivity index (χ0v) is 10.9. The highest BCUT2D eigenvalue weighted by Crippen LogP contribution is 2.19. The first-order valence-electron chi connectivity index (χ1n) is 5.03. The molecule has 0 aliphatic rings. The highest BCUT2D eigenvalue weighted by atomic mass is 35.5. The molecule has 2 rings (SSSR count). The van der Waals surface area contributed by atoms with Gasteiger partial charge in [0.2, 0.25) is 0 Å². The molecule has 0 unspecified atom stereocenters. The molecule has 0 spiro atoms. The standard InChI is InChI=1S/C11H7ClFN3O2S/c12-7-5-6(1-2-8(7)13)15-9(17)10(18)16-11-14-3-4-19-11/h1-5H,(H,15,17)(H,14,16,18). The molecule has 0 fully saturated rings. The molecule has 0 saturated carbocycles. The number of carbonyl (C=O) groups excluding carboxylic acids is 2. The lowest BCUT2D eigenvalue weighted by Crippen LogP contribution is -2.29. The minimum Gasteiger partial charge on any atom is -0.318 e. The van der Waals surface area contributed by atoms with Crippen molar-refractivity contribution in [3.8, 4) is 0 Å². The van der Waals surface area contributed by atoms with Crippen LogP contribution in [0.1, 0.15) is 0 Å². The molecular weight excluding hydrogens is 293 g/mol. The summed E-state index contributed by atoms with van der Waals surface area (Å²) in [4.78, 5) is 26.9. The Morgan fingerprint density at radius 1 is 1.26 bits per heavy atom. The van der Waals surface area contributed by atoms with Crippen LogP contribution in [0.25, 0.3) is 0 Å². The van der Waals surface area contributed by atoms with E-state index in [2.05, 4.69) is 15.6 Å².